The van der Waals surface area contributed by atoms with Crippen molar-refractivity contribution in [2.24, 2.45) is 0 Å². The number of rotatable bonds is 10. The lowest BCUT2D eigenvalue weighted by molar-refractivity contribution is -0.141. The molecule has 0 aliphatic carbocycles. The number of benzene rings is 3. The van der Waals surface area contributed by atoms with E-state index in [2.05, 4.69) is 5.32 Å². The van der Waals surface area contributed by atoms with Gasteiger partial charge in [-0.05, 0) is 37.5 Å². The number of hydrogen-bond acceptors (Lipinski definition) is 4. The third-order valence-corrected chi connectivity index (χ3v) is 6.71. The normalized spacial score (nSPS) is 15.6. The predicted molar refractivity (Wildman–Crippen MR) is 140 cm³/mol. The SMILES string of the molecule is COc1ccccc1CN(C(=O)Cc1cccc(F)c1F)C(C(=O)NCC1CCCO1)c1ccc(C)cc1. The fourth-order valence-electron chi connectivity index (χ4n) is 4.63. The van der Waals surface area contributed by atoms with Gasteiger partial charge in [-0.2, -0.15) is 0 Å². The van der Waals surface area contributed by atoms with Crippen LogP contribution in [0.3, 0.4) is 0 Å². The molecule has 1 fully saturated rings. The predicted octanol–water partition coefficient (Wildman–Crippen LogP) is 4.89. The van der Waals surface area contributed by atoms with Gasteiger partial charge in [0.2, 0.25) is 11.8 Å². The Hall–Kier alpha value is -3.78. The van der Waals surface area contributed by atoms with Crippen molar-refractivity contribution in [3.63, 3.8) is 0 Å². The van der Waals surface area contributed by atoms with E-state index >= 15 is 0 Å². The molecule has 2 unspecified atom stereocenters. The molecule has 3 aromatic carbocycles. The molecule has 2 amide bonds. The first-order chi connectivity index (χ1) is 18.4. The number of carbonyl (C=O) groups is 2. The van der Waals surface area contributed by atoms with E-state index in [-0.39, 0.29) is 24.1 Å². The van der Waals surface area contributed by atoms with E-state index in [1.807, 2.05) is 31.2 Å². The molecule has 6 nitrogen and oxygen atoms in total. The smallest absolute Gasteiger partial charge is 0.247 e. The van der Waals surface area contributed by atoms with Crippen molar-refractivity contribution in [3.8, 4) is 5.75 Å². The number of halogens is 2. The Bertz CT molecular complexity index is 1260. The van der Waals surface area contributed by atoms with Crippen LogP contribution >= 0.6 is 0 Å². The monoisotopic (exact) mass is 522 g/mol. The topological polar surface area (TPSA) is 67.9 Å². The summed E-state index contributed by atoms with van der Waals surface area (Å²) in [6, 6.07) is 17.2. The average molecular weight is 523 g/mol. The first kappa shape index (κ1) is 27.3. The van der Waals surface area contributed by atoms with E-state index in [0.717, 1.165) is 24.5 Å². The Labute approximate surface area is 221 Å². The van der Waals surface area contributed by atoms with E-state index in [9.17, 15) is 18.4 Å². The molecule has 0 bridgehead atoms. The van der Waals surface area contributed by atoms with E-state index in [0.29, 0.717) is 30.0 Å². The minimum atomic E-state index is -1.08. The molecule has 0 radical (unpaired) electrons. The van der Waals surface area contributed by atoms with Crippen molar-refractivity contribution in [1.82, 2.24) is 10.2 Å². The van der Waals surface area contributed by atoms with E-state index in [1.165, 1.54) is 24.1 Å². The summed E-state index contributed by atoms with van der Waals surface area (Å²) in [4.78, 5) is 28.9. The standard InChI is InChI=1S/C30H32F2N2O4/c1-20-12-14-21(15-13-20)29(30(36)33-18-24-9-6-16-38-24)34(19-23-7-3-4-11-26(23)37-2)27(35)17-22-8-5-10-25(31)28(22)32/h3-5,7-8,10-15,24,29H,6,9,16-19H2,1-2H3,(H,33,36). The first-order valence-electron chi connectivity index (χ1n) is 12.7. The van der Waals surface area contributed by atoms with Gasteiger partial charge in [-0.25, -0.2) is 8.78 Å². The molecule has 1 N–H and O–H groups in total. The van der Waals surface area contributed by atoms with Gasteiger partial charge in [0.15, 0.2) is 11.6 Å². The molecule has 4 rings (SSSR count). The first-order valence-corrected chi connectivity index (χ1v) is 12.7. The van der Waals surface area contributed by atoms with E-state index < -0.39 is 30.0 Å². The van der Waals surface area contributed by atoms with Crippen molar-refractivity contribution in [3.05, 3.63) is 101 Å². The number of carbonyl (C=O) groups excluding carboxylic acids is 2. The zero-order valence-electron chi connectivity index (χ0n) is 21.6. The number of nitrogens with zero attached hydrogens (tertiary/aromatic N) is 1. The molecule has 0 aromatic heterocycles. The Kier molecular flexibility index (Phi) is 9.07. The van der Waals surface area contributed by atoms with Crippen LogP contribution in [0.1, 0.15) is 41.1 Å². The lowest BCUT2D eigenvalue weighted by Gasteiger charge is -2.32. The maximum absolute atomic E-state index is 14.5. The van der Waals surface area contributed by atoms with Gasteiger partial charge in [0.1, 0.15) is 11.8 Å². The summed E-state index contributed by atoms with van der Waals surface area (Å²) < 4.78 is 39.6. The van der Waals surface area contributed by atoms with Gasteiger partial charge < -0.3 is 19.7 Å². The molecule has 0 spiro atoms. The van der Waals surface area contributed by atoms with E-state index in [1.54, 1.807) is 24.3 Å². The number of hydrogen-bond donors (Lipinski definition) is 1. The largest absolute Gasteiger partial charge is 0.496 e. The fourth-order valence-corrected chi connectivity index (χ4v) is 4.63. The van der Waals surface area contributed by atoms with Crippen LogP contribution in [-0.4, -0.2) is 43.1 Å². The van der Waals surface area contributed by atoms with Crippen LogP contribution in [0.15, 0.2) is 66.7 Å². The van der Waals surface area contributed by atoms with Crippen molar-refractivity contribution >= 4 is 11.8 Å². The van der Waals surface area contributed by atoms with Crippen molar-refractivity contribution in [2.45, 2.75) is 44.9 Å². The number of aryl methyl sites for hydroxylation is 1. The van der Waals surface area contributed by atoms with Gasteiger partial charge in [-0.1, -0.05) is 60.2 Å². The summed E-state index contributed by atoms with van der Waals surface area (Å²) in [5.74, 6) is -2.47. The Balaban J connectivity index is 1.72. The van der Waals surface area contributed by atoms with Gasteiger partial charge in [-0.3, -0.25) is 9.59 Å². The zero-order chi connectivity index (χ0) is 27.1. The lowest BCUT2D eigenvalue weighted by atomic mass is 10.00. The highest BCUT2D eigenvalue weighted by molar-refractivity contribution is 5.89. The molecule has 1 aliphatic rings. The van der Waals surface area contributed by atoms with Crippen LogP contribution in [0.25, 0.3) is 0 Å². The molecule has 1 heterocycles. The Morgan fingerprint density at radius 1 is 1.05 bits per heavy atom. The fraction of sp³-hybridized carbons (Fsp3) is 0.333. The highest BCUT2D eigenvalue weighted by Crippen LogP contribution is 2.29. The summed E-state index contributed by atoms with van der Waals surface area (Å²) >= 11 is 0. The number of amides is 2. The quantitative estimate of drug-likeness (QED) is 0.412. The number of para-hydroxylation sites is 1. The highest BCUT2D eigenvalue weighted by atomic mass is 19.2. The van der Waals surface area contributed by atoms with Crippen molar-refractivity contribution < 1.29 is 27.8 Å². The molecule has 8 heteroatoms. The second-order valence-electron chi connectivity index (χ2n) is 9.42. The Morgan fingerprint density at radius 3 is 2.50 bits per heavy atom. The van der Waals surface area contributed by atoms with Gasteiger partial charge in [0, 0.05) is 24.3 Å². The number of ether oxygens (including phenoxy) is 2. The summed E-state index contributed by atoms with van der Waals surface area (Å²) in [7, 11) is 1.53. The van der Waals surface area contributed by atoms with Gasteiger partial charge in [-0.15, -0.1) is 0 Å². The maximum Gasteiger partial charge on any atom is 0.247 e. The zero-order valence-corrected chi connectivity index (χ0v) is 21.6. The second kappa shape index (κ2) is 12.6. The van der Waals surface area contributed by atoms with Crippen LogP contribution in [-0.2, 0) is 27.3 Å². The summed E-state index contributed by atoms with van der Waals surface area (Å²) in [6.45, 7) is 2.92. The summed E-state index contributed by atoms with van der Waals surface area (Å²) in [5.41, 5.74) is 2.19. The third kappa shape index (κ3) is 6.55. The molecular formula is C30H32F2N2O4. The van der Waals surface area contributed by atoms with Gasteiger partial charge in [0.25, 0.3) is 0 Å². The maximum atomic E-state index is 14.5. The average Bonchev–Trinajstić information content (AvgIpc) is 3.45. The van der Waals surface area contributed by atoms with Crippen LogP contribution in [0.5, 0.6) is 5.75 Å². The lowest BCUT2D eigenvalue weighted by Crippen LogP contribution is -2.45. The van der Waals surface area contributed by atoms with Crippen molar-refractivity contribution in [2.75, 3.05) is 20.3 Å². The van der Waals surface area contributed by atoms with Crippen molar-refractivity contribution in [1.29, 1.82) is 0 Å². The summed E-state index contributed by atoms with van der Waals surface area (Å²) in [6.07, 6.45) is 1.27. The van der Waals surface area contributed by atoms with E-state index in [4.69, 9.17) is 9.47 Å². The minimum absolute atomic E-state index is 0.0195. The molecular weight excluding hydrogens is 490 g/mol. The second-order valence-corrected chi connectivity index (χ2v) is 9.42. The molecule has 0 saturated carbocycles. The molecule has 1 aliphatic heterocycles. The summed E-state index contributed by atoms with van der Waals surface area (Å²) in [5, 5.41) is 2.95. The van der Waals surface area contributed by atoms with Gasteiger partial charge >= 0.3 is 0 Å². The highest BCUT2D eigenvalue weighted by Gasteiger charge is 2.33. The van der Waals surface area contributed by atoms with Gasteiger partial charge in [0.05, 0.1) is 26.2 Å². The Morgan fingerprint density at radius 2 is 1.79 bits per heavy atom. The third-order valence-electron chi connectivity index (χ3n) is 6.71. The van der Waals surface area contributed by atoms with Crippen LogP contribution in [0.4, 0.5) is 8.78 Å². The molecule has 200 valence electrons. The molecule has 2 atom stereocenters. The molecule has 38 heavy (non-hydrogen) atoms. The number of nitrogens with one attached hydrogen (secondary N) is 1. The molecule has 3 aromatic rings. The molecule has 1 saturated heterocycles. The van der Waals surface area contributed by atoms with Crippen LogP contribution < -0.4 is 10.1 Å². The minimum Gasteiger partial charge on any atom is -0.496 e. The number of methoxy groups -OCH3 is 1. The van der Waals surface area contributed by atoms with Crippen LogP contribution in [0.2, 0.25) is 0 Å². The van der Waals surface area contributed by atoms with Crippen LogP contribution in [0, 0.1) is 18.6 Å².